The van der Waals surface area contributed by atoms with Crippen molar-refractivity contribution in [2.45, 2.75) is 58.3 Å². The molecule has 0 bridgehead atoms. The van der Waals surface area contributed by atoms with Crippen LogP contribution >= 0.6 is 0 Å². The molecule has 0 spiro atoms. The monoisotopic (exact) mass is 178 g/mol. The SMILES string of the molecule is C/C1=C\CCC/C=C/CCCCC1. The molecule has 0 aliphatic heterocycles. The summed E-state index contributed by atoms with van der Waals surface area (Å²) >= 11 is 0. The van der Waals surface area contributed by atoms with Crippen molar-refractivity contribution in [3.63, 3.8) is 0 Å². The zero-order chi connectivity index (χ0) is 9.36. The first-order chi connectivity index (χ1) is 6.39. The van der Waals surface area contributed by atoms with Crippen molar-refractivity contribution in [1.29, 1.82) is 0 Å². The molecule has 1 rings (SSSR count). The Morgan fingerprint density at radius 2 is 1.62 bits per heavy atom. The molecule has 0 N–H and O–H groups in total. The van der Waals surface area contributed by atoms with Gasteiger partial charge in [0.1, 0.15) is 0 Å². The van der Waals surface area contributed by atoms with E-state index in [-0.39, 0.29) is 0 Å². The molecule has 0 radical (unpaired) electrons. The molecule has 0 saturated carbocycles. The van der Waals surface area contributed by atoms with E-state index in [0.29, 0.717) is 0 Å². The number of hydrogen-bond donors (Lipinski definition) is 0. The van der Waals surface area contributed by atoms with E-state index in [1.807, 2.05) is 0 Å². The average molecular weight is 178 g/mol. The van der Waals surface area contributed by atoms with E-state index in [2.05, 4.69) is 25.2 Å². The van der Waals surface area contributed by atoms with Crippen LogP contribution in [0.25, 0.3) is 0 Å². The minimum absolute atomic E-state index is 1.27. The lowest BCUT2D eigenvalue weighted by Gasteiger charge is -2.02. The Morgan fingerprint density at radius 1 is 0.846 bits per heavy atom. The highest BCUT2D eigenvalue weighted by Gasteiger charge is 1.93. The highest BCUT2D eigenvalue weighted by molar-refractivity contribution is 4.98. The standard InChI is InChI=1S/C13H22/c1-13-11-9-7-5-3-2-4-6-8-10-12-13/h2-3,11H,4-10,12H2,1H3/b3-2+,13-11+. The third-order valence-corrected chi connectivity index (χ3v) is 2.68. The average Bonchev–Trinajstić information content (AvgIpc) is 2.11. The predicted molar refractivity (Wildman–Crippen MR) is 59.8 cm³/mol. The van der Waals surface area contributed by atoms with Gasteiger partial charge in [-0.2, -0.15) is 0 Å². The molecule has 0 aromatic heterocycles. The van der Waals surface area contributed by atoms with Gasteiger partial charge < -0.3 is 0 Å². The Bertz CT molecular complexity index is 174. The molecule has 0 heteroatoms. The van der Waals surface area contributed by atoms with Gasteiger partial charge in [-0.1, -0.05) is 30.2 Å². The minimum atomic E-state index is 1.27. The first-order valence-corrected chi connectivity index (χ1v) is 5.70. The summed E-state index contributed by atoms with van der Waals surface area (Å²) in [6.45, 7) is 2.28. The van der Waals surface area contributed by atoms with Crippen LogP contribution in [0.3, 0.4) is 0 Å². The van der Waals surface area contributed by atoms with Crippen molar-refractivity contribution in [2.75, 3.05) is 0 Å². The fraction of sp³-hybridized carbons (Fsp3) is 0.692. The second-order valence-corrected chi connectivity index (χ2v) is 4.05. The smallest absolute Gasteiger partial charge is 0.0323 e. The van der Waals surface area contributed by atoms with Gasteiger partial charge in [0.05, 0.1) is 0 Å². The van der Waals surface area contributed by atoms with E-state index in [0.717, 1.165) is 0 Å². The Kier molecular flexibility index (Phi) is 5.64. The molecule has 74 valence electrons. The summed E-state index contributed by atoms with van der Waals surface area (Å²) < 4.78 is 0. The van der Waals surface area contributed by atoms with Gasteiger partial charge in [-0.3, -0.25) is 0 Å². The molecule has 0 amide bonds. The normalized spacial score (nSPS) is 27.9. The summed E-state index contributed by atoms with van der Waals surface area (Å²) in [5, 5.41) is 0. The van der Waals surface area contributed by atoms with E-state index in [1.54, 1.807) is 5.57 Å². The Balaban J connectivity index is 2.30. The van der Waals surface area contributed by atoms with E-state index >= 15 is 0 Å². The van der Waals surface area contributed by atoms with Crippen LogP contribution < -0.4 is 0 Å². The maximum Gasteiger partial charge on any atom is -0.0323 e. The summed E-state index contributed by atoms with van der Waals surface area (Å²) in [6.07, 6.45) is 17.8. The van der Waals surface area contributed by atoms with Crippen LogP contribution in [-0.2, 0) is 0 Å². The number of hydrogen-bond acceptors (Lipinski definition) is 0. The van der Waals surface area contributed by atoms with Crippen LogP contribution in [0.4, 0.5) is 0 Å². The quantitative estimate of drug-likeness (QED) is 0.475. The van der Waals surface area contributed by atoms with Crippen molar-refractivity contribution in [3.05, 3.63) is 23.8 Å². The summed E-state index contributed by atoms with van der Waals surface area (Å²) in [6, 6.07) is 0. The summed E-state index contributed by atoms with van der Waals surface area (Å²) in [5.74, 6) is 0. The largest absolute Gasteiger partial charge is 0.0885 e. The topological polar surface area (TPSA) is 0 Å². The van der Waals surface area contributed by atoms with Crippen molar-refractivity contribution >= 4 is 0 Å². The highest BCUT2D eigenvalue weighted by Crippen LogP contribution is 2.13. The lowest BCUT2D eigenvalue weighted by Crippen LogP contribution is -1.82. The summed E-state index contributed by atoms with van der Waals surface area (Å²) in [5.41, 5.74) is 1.60. The van der Waals surface area contributed by atoms with Crippen LogP contribution in [0.2, 0.25) is 0 Å². The van der Waals surface area contributed by atoms with Crippen LogP contribution in [0.15, 0.2) is 23.8 Å². The lowest BCUT2D eigenvalue weighted by molar-refractivity contribution is 0.677. The fourth-order valence-corrected chi connectivity index (χ4v) is 1.76. The van der Waals surface area contributed by atoms with Crippen LogP contribution in [0, 0.1) is 0 Å². The third-order valence-electron chi connectivity index (χ3n) is 2.68. The predicted octanol–water partition coefficient (Wildman–Crippen LogP) is 4.62. The zero-order valence-electron chi connectivity index (χ0n) is 8.89. The molecule has 0 atom stereocenters. The van der Waals surface area contributed by atoms with E-state index in [4.69, 9.17) is 0 Å². The maximum absolute atomic E-state index is 2.43. The molecule has 0 nitrogen and oxygen atoms in total. The fourth-order valence-electron chi connectivity index (χ4n) is 1.76. The molecule has 1 aliphatic carbocycles. The van der Waals surface area contributed by atoms with Gasteiger partial charge >= 0.3 is 0 Å². The van der Waals surface area contributed by atoms with Gasteiger partial charge in [0.15, 0.2) is 0 Å². The molecule has 0 unspecified atom stereocenters. The van der Waals surface area contributed by atoms with Crippen LogP contribution in [0.1, 0.15) is 58.3 Å². The van der Waals surface area contributed by atoms with Gasteiger partial charge in [-0.15, -0.1) is 0 Å². The van der Waals surface area contributed by atoms with Gasteiger partial charge in [-0.25, -0.2) is 0 Å². The van der Waals surface area contributed by atoms with Crippen molar-refractivity contribution in [3.8, 4) is 0 Å². The molecular formula is C13H22. The van der Waals surface area contributed by atoms with E-state index in [1.165, 1.54) is 51.4 Å². The minimum Gasteiger partial charge on any atom is -0.0885 e. The van der Waals surface area contributed by atoms with Gasteiger partial charge in [-0.05, 0) is 51.9 Å². The molecule has 0 aromatic rings. The molecule has 0 fully saturated rings. The number of rotatable bonds is 0. The Morgan fingerprint density at radius 3 is 2.46 bits per heavy atom. The molecule has 0 saturated heterocycles. The summed E-state index contributed by atoms with van der Waals surface area (Å²) in [4.78, 5) is 0. The molecule has 13 heavy (non-hydrogen) atoms. The third kappa shape index (κ3) is 5.68. The molecule has 0 aromatic carbocycles. The van der Waals surface area contributed by atoms with E-state index in [9.17, 15) is 0 Å². The first kappa shape index (κ1) is 10.6. The Labute approximate surface area is 82.7 Å². The number of allylic oxidation sites excluding steroid dienone is 4. The van der Waals surface area contributed by atoms with Crippen LogP contribution in [-0.4, -0.2) is 0 Å². The van der Waals surface area contributed by atoms with Crippen molar-refractivity contribution in [2.24, 2.45) is 0 Å². The highest BCUT2D eigenvalue weighted by atomic mass is 14.0. The lowest BCUT2D eigenvalue weighted by atomic mass is 10.0. The molecular weight excluding hydrogens is 156 g/mol. The molecule has 0 heterocycles. The maximum atomic E-state index is 2.43. The van der Waals surface area contributed by atoms with Gasteiger partial charge in [0.2, 0.25) is 0 Å². The van der Waals surface area contributed by atoms with E-state index < -0.39 is 0 Å². The zero-order valence-corrected chi connectivity index (χ0v) is 8.89. The Hall–Kier alpha value is -0.520. The molecule has 1 aliphatic rings. The summed E-state index contributed by atoms with van der Waals surface area (Å²) in [7, 11) is 0. The van der Waals surface area contributed by atoms with Crippen molar-refractivity contribution in [1.82, 2.24) is 0 Å². The first-order valence-electron chi connectivity index (χ1n) is 5.70. The second-order valence-electron chi connectivity index (χ2n) is 4.05. The van der Waals surface area contributed by atoms with Gasteiger partial charge in [0.25, 0.3) is 0 Å². The second kappa shape index (κ2) is 6.94. The van der Waals surface area contributed by atoms with Crippen LogP contribution in [0.5, 0.6) is 0 Å². The van der Waals surface area contributed by atoms with Gasteiger partial charge in [0, 0.05) is 0 Å². The van der Waals surface area contributed by atoms with Crippen molar-refractivity contribution < 1.29 is 0 Å².